The van der Waals surface area contributed by atoms with Crippen LogP contribution in [0.2, 0.25) is 0 Å². The lowest BCUT2D eigenvalue weighted by atomic mass is 9.76. The predicted octanol–water partition coefficient (Wildman–Crippen LogP) is 7.03. The number of anilines is 2. The van der Waals surface area contributed by atoms with Crippen molar-refractivity contribution in [1.29, 1.82) is 0 Å². The third-order valence-electron chi connectivity index (χ3n) is 8.58. The van der Waals surface area contributed by atoms with E-state index in [0.29, 0.717) is 23.0 Å². The normalized spacial score (nSPS) is 14.4. The van der Waals surface area contributed by atoms with E-state index in [1.54, 1.807) is 18.9 Å². The molecule has 1 unspecified atom stereocenters. The summed E-state index contributed by atoms with van der Waals surface area (Å²) in [5.74, 6) is 2.00. The van der Waals surface area contributed by atoms with Gasteiger partial charge in [-0.2, -0.15) is 5.10 Å². The summed E-state index contributed by atoms with van der Waals surface area (Å²) in [5.41, 5.74) is 5.06. The van der Waals surface area contributed by atoms with Crippen molar-refractivity contribution >= 4 is 23.3 Å². The number of hydrogen-bond acceptors (Lipinski definition) is 6. The molecule has 5 rings (SSSR count). The third-order valence-corrected chi connectivity index (χ3v) is 8.58. The Kier molecular flexibility index (Phi) is 10.1. The van der Waals surface area contributed by atoms with Gasteiger partial charge in [-0.05, 0) is 86.8 Å². The van der Waals surface area contributed by atoms with E-state index in [1.807, 2.05) is 79.7 Å². The number of benzene rings is 3. The standard InChI is InChI=1S/C37H45N5O4/c1-24-7-13-29(14-8-24)42-34(23-33(41-42)37(2,3)4)40-36(44)39-28-11-9-25(10-12-28)35(26-17-19-38-20-18-26)31(43)22-27-21-30(45-5)15-16-32(27)46-6/h7-16,21,23,26,35,38H,17-20,22H2,1-6H3,(H2,39,40,44). The van der Waals surface area contributed by atoms with Crippen molar-refractivity contribution in [3.8, 4) is 17.2 Å². The van der Waals surface area contributed by atoms with Crippen molar-refractivity contribution in [2.45, 2.75) is 58.3 Å². The van der Waals surface area contributed by atoms with E-state index in [2.05, 4.69) is 36.7 Å². The van der Waals surface area contributed by atoms with Crippen LogP contribution in [0.3, 0.4) is 0 Å². The van der Waals surface area contributed by atoms with Crippen LogP contribution in [-0.2, 0) is 16.6 Å². The molecule has 46 heavy (non-hydrogen) atoms. The maximum atomic E-state index is 14.0. The zero-order chi connectivity index (χ0) is 32.8. The van der Waals surface area contributed by atoms with E-state index < -0.39 is 0 Å². The number of hydrogen-bond donors (Lipinski definition) is 3. The maximum Gasteiger partial charge on any atom is 0.324 e. The van der Waals surface area contributed by atoms with E-state index >= 15 is 0 Å². The largest absolute Gasteiger partial charge is 0.497 e. The lowest BCUT2D eigenvalue weighted by molar-refractivity contribution is -0.121. The second-order valence-corrected chi connectivity index (χ2v) is 13.0. The molecule has 1 fully saturated rings. The Bertz CT molecular complexity index is 1650. The molecule has 0 saturated carbocycles. The van der Waals surface area contributed by atoms with E-state index in [-0.39, 0.29) is 35.5 Å². The zero-order valence-corrected chi connectivity index (χ0v) is 27.6. The van der Waals surface area contributed by atoms with Gasteiger partial charge < -0.3 is 20.1 Å². The number of rotatable bonds is 10. The highest BCUT2D eigenvalue weighted by Crippen LogP contribution is 2.35. The number of amides is 2. The van der Waals surface area contributed by atoms with Crippen molar-refractivity contribution in [3.63, 3.8) is 0 Å². The molecule has 9 nitrogen and oxygen atoms in total. The minimum atomic E-state index is -0.377. The smallest absolute Gasteiger partial charge is 0.324 e. The number of ether oxygens (including phenoxy) is 2. The number of methoxy groups -OCH3 is 2. The quantitative estimate of drug-likeness (QED) is 0.175. The summed E-state index contributed by atoms with van der Waals surface area (Å²) in [6, 6.07) is 22.7. The first-order valence-electron chi connectivity index (χ1n) is 15.9. The van der Waals surface area contributed by atoms with Gasteiger partial charge in [0, 0.05) is 35.1 Å². The van der Waals surface area contributed by atoms with Crippen molar-refractivity contribution in [2.75, 3.05) is 37.9 Å². The fourth-order valence-electron chi connectivity index (χ4n) is 5.99. The van der Waals surface area contributed by atoms with E-state index in [9.17, 15) is 9.59 Å². The average molecular weight is 624 g/mol. The zero-order valence-electron chi connectivity index (χ0n) is 27.6. The van der Waals surface area contributed by atoms with Crippen LogP contribution in [0.4, 0.5) is 16.3 Å². The molecule has 0 radical (unpaired) electrons. The van der Waals surface area contributed by atoms with Crippen LogP contribution >= 0.6 is 0 Å². The SMILES string of the molecule is COc1ccc(OC)c(CC(=O)C(c2ccc(NC(=O)Nc3cc(C(C)(C)C)nn3-c3ccc(C)cc3)cc2)C2CCNCC2)c1. The minimum absolute atomic E-state index is 0.135. The fraction of sp³-hybridized carbons (Fsp3) is 0.378. The Hall–Kier alpha value is -4.63. The maximum absolute atomic E-state index is 14.0. The Balaban J connectivity index is 1.34. The molecule has 1 aliphatic rings. The summed E-state index contributed by atoms with van der Waals surface area (Å²) in [6.45, 7) is 10.1. The van der Waals surface area contributed by atoms with Crippen molar-refractivity contribution in [3.05, 3.63) is 95.2 Å². The van der Waals surface area contributed by atoms with Crippen molar-refractivity contribution in [1.82, 2.24) is 15.1 Å². The molecule has 2 heterocycles. The summed E-state index contributed by atoms with van der Waals surface area (Å²) >= 11 is 0. The van der Waals surface area contributed by atoms with Crippen molar-refractivity contribution in [2.24, 2.45) is 5.92 Å². The third kappa shape index (κ3) is 7.77. The highest BCUT2D eigenvalue weighted by atomic mass is 16.5. The second kappa shape index (κ2) is 14.2. The molecular weight excluding hydrogens is 578 g/mol. The Morgan fingerprint density at radius 2 is 1.63 bits per heavy atom. The number of ketones is 1. The molecule has 3 aromatic carbocycles. The first kappa shape index (κ1) is 32.8. The average Bonchev–Trinajstić information content (AvgIpc) is 3.47. The molecule has 1 atom stereocenters. The van der Waals surface area contributed by atoms with Crippen LogP contribution in [0.15, 0.2) is 72.8 Å². The Morgan fingerprint density at radius 3 is 2.26 bits per heavy atom. The molecule has 3 N–H and O–H groups in total. The Labute approximate surface area is 271 Å². The molecule has 0 spiro atoms. The Morgan fingerprint density at radius 1 is 0.935 bits per heavy atom. The minimum Gasteiger partial charge on any atom is -0.497 e. The first-order chi connectivity index (χ1) is 22.0. The van der Waals surface area contributed by atoms with Gasteiger partial charge in [0.2, 0.25) is 0 Å². The number of piperidine rings is 1. The van der Waals surface area contributed by atoms with Gasteiger partial charge >= 0.3 is 6.03 Å². The van der Waals surface area contributed by atoms with Gasteiger partial charge in [-0.15, -0.1) is 0 Å². The number of aromatic nitrogens is 2. The molecule has 4 aromatic rings. The molecule has 9 heteroatoms. The lowest BCUT2D eigenvalue weighted by Crippen LogP contribution is -2.34. The van der Waals surface area contributed by atoms with Crippen LogP contribution in [0.5, 0.6) is 11.5 Å². The molecule has 0 bridgehead atoms. The highest BCUT2D eigenvalue weighted by molar-refractivity contribution is 5.99. The predicted molar refractivity (Wildman–Crippen MR) is 183 cm³/mol. The number of Topliss-reactive ketones (excluding diaryl/α,β-unsaturated/α-hetero) is 1. The number of nitrogens with one attached hydrogen (secondary N) is 3. The van der Waals surface area contributed by atoms with E-state index in [4.69, 9.17) is 14.6 Å². The summed E-state index contributed by atoms with van der Waals surface area (Å²) < 4.78 is 12.7. The van der Waals surface area contributed by atoms with Crippen LogP contribution < -0.4 is 25.4 Å². The van der Waals surface area contributed by atoms with Gasteiger partial charge in [0.05, 0.1) is 25.6 Å². The van der Waals surface area contributed by atoms with Crippen molar-refractivity contribution < 1.29 is 19.1 Å². The number of carbonyl (C=O) groups excluding carboxylic acids is 2. The molecular formula is C37H45N5O4. The topological polar surface area (TPSA) is 107 Å². The van der Waals surface area contributed by atoms with Gasteiger partial charge in [0.15, 0.2) is 0 Å². The number of aryl methyl sites for hydroxylation is 1. The highest BCUT2D eigenvalue weighted by Gasteiger charge is 2.31. The van der Waals surface area contributed by atoms with Gasteiger partial charge in [-0.3, -0.25) is 10.1 Å². The van der Waals surface area contributed by atoms with E-state index in [0.717, 1.165) is 54.0 Å². The number of urea groups is 1. The number of carbonyl (C=O) groups is 2. The van der Waals surface area contributed by atoms with Crippen LogP contribution in [-0.4, -0.2) is 48.9 Å². The lowest BCUT2D eigenvalue weighted by Gasteiger charge is -2.30. The number of nitrogens with zero attached hydrogens (tertiary/aromatic N) is 2. The second-order valence-electron chi connectivity index (χ2n) is 13.0. The summed E-state index contributed by atoms with van der Waals surface area (Å²) in [7, 11) is 3.23. The van der Waals surface area contributed by atoms with Gasteiger partial charge in [-0.25, -0.2) is 9.48 Å². The van der Waals surface area contributed by atoms with Gasteiger partial charge in [-0.1, -0.05) is 50.6 Å². The van der Waals surface area contributed by atoms with Crippen LogP contribution in [0.1, 0.15) is 61.9 Å². The molecule has 2 amide bonds. The van der Waals surface area contributed by atoms with Crippen LogP contribution in [0, 0.1) is 12.8 Å². The summed E-state index contributed by atoms with van der Waals surface area (Å²) in [6.07, 6.45) is 2.07. The summed E-state index contributed by atoms with van der Waals surface area (Å²) in [4.78, 5) is 27.2. The molecule has 1 aromatic heterocycles. The van der Waals surface area contributed by atoms with E-state index in [1.165, 1.54) is 0 Å². The molecule has 0 aliphatic carbocycles. The monoisotopic (exact) mass is 623 g/mol. The molecule has 1 saturated heterocycles. The molecule has 1 aliphatic heterocycles. The van der Waals surface area contributed by atoms with Crippen LogP contribution in [0.25, 0.3) is 5.69 Å². The molecule has 242 valence electrons. The fourth-order valence-corrected chi connectivity index (χ4v) is 5.99. The van der Waals surface area contributed by atoms with Gasteiger partial charge in [0.1, 0.15) is 23.1 Å². The van der Waals surface area contributed by atoms with Gasteiger partial charge in [0.25, 0.3) is 0 Å². The summed E-state index contributed by atoms with van der Waals surface area (Å²) in [5, 5.41) is 14.2. The first-order valence-corrected chi connectivity index (χ1v) is 15.9.